The van der Waals surface area contributed by atoms with Gasteiger partial charge in [-0.2, -0.15) is 0 Å². The first kappa shape index (κ1) is 17.8. The highest BCUT2D eigenvalue weighted by Gasteiger charge is 2.36. The predicted octanol–water partition coefficient (Wildman–Crippen LogP) is 4.11. The van der Waals surface area contributed by atoms with E-state index in [0.29, 0.717) is 25.7 Å². The highest BCUT2D eigenvalue weighted by atomic mass is 16.5. The summed E-state index contributed by atoms with van der Waals surface area (Å²) in [5.74, 6) is -0.243. The van der Waals surface area contributed by atoms with Gasteiger partial charge in [0.25, 0.3) is 0 Å². The van der Waals surface area contributed by atoms with Gasteiger partial charge in [-0.1, -0.05) is 38.3 Å². The van der Waals surface area contributed by atoms with Crippen LogP contribution < -0.4 is 4.74 Å². The van der Waals surface area contributed by atoms with Gasteiger partial charge in [0, 0.05) is 0 Å². The minimum absolute atomic E-state index is 0.319. The fourth-order valence-electron chi connectivity index (χ4n) is 3.21. The summed E-state index contributed by atoms with van der Waals surface area (Å²) >= 11 is 0. The molecular weight excluding hydrogens is 292 g/mol. The number of rotatable bonds is 8. The fraction of sp³-hybridized carbons (Fsp3) is 0.632. The number of carboxylic acids is 1. The second-order valence-electron chi connectivity index (χ2n) is 6.58. The standard InChI is InChI=1S/C19H28O4/c1-2-3-4-5-14-23-17-8-6-16(7-9-17)19(22)12-10-15(11-13-19)18(20)21/h6-9,15,22H,2-5,10-14H2,1H3,(H,20,21). The molecule has 2 rings (SSSR count). The van der Waals surface area contributed by atoms with Crippen LogP contribution in [-0.2, 0) is 10.4 Å². The minimum atomic E-state index is -0.897. The van der Waals surface area contributed by atoms with Crippen LogP contribution in [0.4, 0.5) is 0 Å². The van der Waals surface area contributed by atoms with Crippen molar-refractivity contribution in [3.63, 3.8) is 0 Å². The molecule has 1 aliphatic rings. The summed E-state index contributed by atoms with van der Waals surface area (Å²) < 4.78 is 5.72. The Balaban J connectivity index is 1.85. The number of ether oxygens (including phenoxy) is 1. The van der Waals surface area contributed by atoms with Crippen LogP contribution in [0.5, 0.6) is 5.75 Å². The number of carboxylic acid groups (broad SMARTS) is 1. The molecule has 1 saturated carbocycles. The Morgan fingerprint density at radius 2 is 1.83 bits per heavy atom. The molecule has 1 aromatic rings. The molecule has 4 nitrogen and oxygen atoms in total. The van der Waals surface area contributed by atoms with Crippen molar-refractivity contribution in [2.45, 2.75) is 63.9 Å². The van der Waals surface area contributed by atoms with E-state index in [9.17, 15) is 9.90 Å². The van der Waals surface area contributed by atoms with Crippen molar-refractivity contribution in [3.05, 3.63) is 29.8 Å². The largest absolute Gasteiger partial charge is 0.494 e. The van der Waals surface area contributed by atoms with Crippen molar-refractivity contribution in [1.29, 1.82) is 0 Å². The first-order valence-corrected chi connectivity index (χ1v) is 8.73. The van der Waals surface area contributed by atoms with Gasteiger partial charge in [0.1, 0.15) is 5.75 Å². The normalized spacial score (nSPS) is 24.3. The van der Waals surface area contributed by atoms with E-state index >= 15 is 0 Å². The molecule has 0 radical (unpaired) electrons. The lowest BCUT2D eigenvalue weighted by atomic mass is 9.75. The summed E-state index contributed by atoms with van der Waals surface area (Å²) in [5.41, 5.74) is -0.0364. The molecule has 1 aliphatic carbocycles. The van der Waals surface area contributed by atoms with Crippen molar-refractivity contribution in [3.8, 4) is 5.75 Å². The molecule has 0 amide bonds. The highest BCUT2D eigenvalue weighted by molar-refractivity contribution is 5.70. The van der Waals surface area contributed by atoms with Crippen molar-refractivity contribution in [2.75, 3.05) is 6.61 Å². The van der Waals surface area contributed by atoms with Crippen molar-refractivity contribution in [2.24, 2.45) is 5.92 Å². The molecule has 0 spiro atoms. The quantitative estimate of drug-likeness (QED) is 0.707. The van der Waals surface area contributed by atoms with Crippen LogP contribution in [0.2, 0.25) is 0 Å². The van der Waals surface area contributed by atoms with Gasteiger partial charge in [-0.05, 0) is 49.8 Å². The van der Waals surface area contributed by atoms with Gasteiger partial charge < -0.3 is 14.9 Å². The van der Waals surface area contributed by atoms with Crippen LogP contribution >= 0.6 is 0 Å². The number of aliphatic hydroxyl groups is 1. The lowest BCUT2D eigenvalue weighted by Crippen LogP contribution is -2.33. The Hall–Kier alpha value is -1.55. The molecule has 128 valence electrons. The van der Waals surface area contributed by atoms with Crippen LogP contribution in [0, 0.1) is 5.92 Å². The summed E-state index contributed by atoms with van der Waals surface area (Å²) in [6.07, 6.45) is 6.78. The van der Waals surface area contributed by atoms with Crippen LogP contribution in [-0.4, -0.2) is 22.8 Å². The SMILES string of the molecule is CCCCCCOc1ccc(C2(O)CCC(C(=O)O)CC2)cc1. The molecule has 0 aromatic heterocycles. The summed E-state index contributed by atoms with van der Waals surface area (Å²) in [4.78, 5) is 11.0. The number of carbonyl (C=O) groups is 1. The van der Waals surface area contributed by atoms with Gasteiger partial charge in [-0.25, -0.2) is 0 Å². The Bertz CT molecular complexity index is 487. The molecule has 0 saturated heterocycles. The number of unbranched alkanes of at least 4 members (excludes halogenated alkanes) is 3. The molecule has 23 heavy (non-hydrogen) atoms. The summed E-state index contributed by atoms with van der Waals surface area (Å²) in [7, 11) is 0. The van der Waals surface area contributed by atoms with Gasteiger partial charge >= 0.3 is 5.97 Å². The lowest BCUT2D eigenvalue weighted by Gasteiger charge is -2.35. The monoisotopic (exact) mass is 320 g/mol. The predicted molar refractivity (Wildman–Crippen MR) is 89.6 cm³/mol. The molecule has 0 bridgehead atoms. The molecule has 0 heterocycles. The molecule has 1 fully saturated rings. The smallest absolute Gasteiger partial charge is 0.306 e. The highest BCUT2D eigenvalue weighted by Crippen LogP contribution is 2.39. The first-order valence-electron chi connectivity index (χ1n) is 8.73. The van der Waals surface area contributed by atoms with Gasteiger partial charge in [0.15, 0.2) is 0 Å². The molecule has 0 atom stereocenters. The van der Waals surface area contributed by atoms with E-state index in [1.54, 1.807) is 0 Å². The van der Waals surface area contributed by atoms with Crippen LogP contribution in [0.25, 0.3) is 0 Å². The van der Waals surface area contributed by atoms with Crippen molar-refractivity contribution >= 4 is 5.97 Å². The maximum absolute atomic E-state index is 11.0. The van der Waals surface area contributed by atoms with Crippen molar-refractivity contribution in [1.82, 2.24) is 0 Å². The third-order valence-corrected chi connectivity index (χ3v) is 4.82. The van der Waals surface area contributed by atoms with Crippen LogP contribution in [0.3, 0.4) is 0 Å². The van der Waals surface area contributed by atoms with Gasteiger partial charge in [-0.3, -0.25) is 4.79 Å². The van der Waals surface area contributed by atoms with Crippen LogP contribution in [0.1, 0.15) is 63.9 Å². The third kappa shape index (κ3) is 4.96. The summed E-state index contributed by atoms with van der Waals surface area (Å²) in [6.45, 7) is 2.91. The maximum atomic E-state index is 11.0. The van der Waals surface area contributed by atoms with E-state index in [-0.39, 0.29) is 5.92 Å². The minimum Gasteiger partial charge on any atom is -0.494 e. The molecule has 0 unspecified atom stereocenters. The van der Waals surface area contributed by atoms with Crippen molar-refractivity contribution < 1.29 is 19.7 Å². The molecule has 0 aliphatic heterocycles. The zero-order valence-corrected chi connectivity index (χ0v) is 14.0. The topological polar surface area (TPSA) is 66.8 Å². The van der Waals surface area contributed by atoms with Gasteiger partial charge in [0.2, 0.25) is 0 Å². The zero-order chi connectivity index (χ0) is 16.7. The Morgan fingerprint density at radius 1 is 1.17 bits per heavy atom. The number of hydrogen-bond acceptors (Lipinski definition) is 3. The average Bonchev–Trinajstić information content (AvgIpc) is 2.55. The average molecular weight is 320 g/mol. The second-order valence-corrected chi connectivity index (χ2v) is 6.58. The molecule has 1 aromatic carbocycles. The zero-order valence-electron chi connectivity index (χ0n) is 14.0. The van der Waals surface area contributed by atoms with E-state index in [2.05, 4.69) is 6.92 Å². The maximum Gasteiger partial charge on any atom is 0.306 e. The molecular formula is C19H28O4. The van der Waals surface area contributed by atoms with E-state index in [4.69, 9.17) is 9.84 Å². The Labute approximate surface area is 138 Å². The first-order chi connectivity index (χ1) is 11.0. The molecule has 2 N–H and O–H groups in total. The number of aliphatic carboxylic acids is 1. The molecule has 4 heteroatoms. The lowest BCUT2D eigenvalue weighted by molar-refractivity contribution is -0.145. The van der Waals surface area contributed by atoms with E-state index in [1.165, 1.54) is 19.3 Å². The van der Waals surface area contributed by atoms with E-state index in [0.717, 1.165) is 24.3 Å². The summed E-state index contributed by atoms with van der Waals surface area (Å²) in [6, 6.07) is 7.61. The summed E-state index contributed by atoms with van der Waals surface area (Å²) in [5, 5.41) is 19.8. The fourth-order valence-corrected chi connectivity index (χ4v) is 3.21. The van der Waals surface area contributed by atoms with Gasteiger partial charge in [0.05, 0.1) is 18.1 Å². The third-order valence-electron chi connectivity index (χ3n) is 4.82. The van der Waals surface area contributed by atoms with E-state index < -0.39 is 11.6 Å². The van der Waals surface area contributed by atoms with Crippen LogP contribution in [0.15, 0.2) is 24.3 Å². The Kier molecular flexibility index (Phi) is 6.46. The Morgan fingerprint density at radius 3 is 2.39 bits per heavy atom. The number of hydrogen-bond donors (Lipinski definition) is 2. The second kappa shape index (κ2) is 8.34. The van der Waals surface area contributed by atoms with E-state index in [1.807, 2.05) is 24.3 Å². The van der Waals surface area contributed by atoms with Gasteiger partial charge in [-0.15, -0.1) is 0 Å². The number of benzene rings is 1.